The normalized spacial score (nSPS) is 12.4. The largest absolute Gasteiger partial charge is 0.367 e. The second-order valence-corrected chi connectivity index (χ2v) is 5.09. The Kier molecular flexibility index (Phi) is 3.71. The lowest BCUT2D eigenvalue weighted by molar-refractivity contribution is 0.882. The number of hydrogen-bond acceptors (Lipinski definition) is 5. The lowest BCUT2D eigenvalue weighted by Gasteiger charge is -2.14. The van der Waals surface area contributed by atoms with Crippen LogP contribution in [0.2, 0.25) is 10.0 Å². The lowest BCUT2D eigenvalue weighted by Crippen LogP contribution is -2.07. The van der Waals surface area contributed by atoms with Gasteiger partial charge in [-0.05, 0) is 24.6 Å². The highest BCUT2D eigenvalue weighted by Gasteiger charge is 2.11. The molecular weight excluding hydrogens is 279 g/mol. The minimum absolute atomic E-state index is 0.00659. The smallest absolute Gasteiger partial charge is 0.233 e. The van der Waals surface area contributed by atoms with Crippen molar-refractivity contribution >= 4 is 45.8 Å². The molecule has 0 saturated carbocycles. The molecule has 2 aromatic rings. The van der Waals surface area contributed by atoms with Crippen molar-refractivity contribution < 1.29 is 0 Å². The number of nitrogens with zero attached hydrogens (tertiary/aromatic N) is 2. The minimum atomic E-state index is 0.00659. The van der Waals surface area contributed by atoms with E-state index >= 15 is 0 Å². The Hall–Kier alpha value is -1.04. The van der Waals surface area contributed by atoms with Gasteiger partial charge in [0.05, 0.1) is 6.04 Å². The Balaban J connectivity index is 2.17. The quantitative estimate of drug-likeness (QED) is 0.906. The summed E-state index contributed by atoms with van der Waals surface area (Å²) < 4.78 is 3.89. The van der Waals surface area contributed by atoms with Gasteiger partial charge in [-0.2, -0.15) is 9.36 Å². The molecule has 7 heteroatoms. The summed E-state index contributed by atoms with van der Waals surface area (Å²) in [4.78, 5) is 4.03. The number of rotatable bonds is 3. The molecule has 1 heterocycles. The molecular formula is C10H10Cl2N4S. The van der Waals surface area contributed by atoms with Crippen LogP contribution in [0.1, 0.15) is 18.5 Å². The van der Waals surface area contributed by atoms with Crippen LogP contribution in [0.25, 0.3) is 0 Å². The number of aromatic nitrogens is 2. The molecule has 1 unspecified atom stereocenters. The van der Waals surface area contributed by atoms with Crippen molar-refractivity contribution in [3.8, 4) is 0 Å². The number of halogens is 2. The highest BCUT2D eigenvalue weighted by molar-refractivity contribution is 7.09. The number of benzene rings is 1. The molecule has 0 amide bonds. The van der Waals surface area contributed by atoms with Crippen LogP contribution < -0.4 is 11.1 Å². The fourth-order valence-electron chi connectivity index (χ4n) is 1.41. The lowest BCUT2D eigenvalue weighted by atomic mass is 10.1. The summed E-state index contributed by atoms with van der Waals surface area (Å²) in [6, 6.07) is 5.40. The molecule has 0 bridgehead atoms. The van der Waals surface area contributed by atoms with Gasteiger partial charge >= 0.3 is 0 Å². The second kappa shape index (κ2) is 5.08. The number of nitrogens with two attached hydrogens (primary N) is 1. The molecule has 1 aromatic carbocycles. The molecule has 3 N–H and O–H groups in total. The molecule has 17 heavy (non-hydrogen) atoms. The molecule has 0 aliphatic rings. The Morgan fingerprint density at radius 1 is 1.41 bits per heavy atom. The SMILES string of the molecule is CC(Nc1nc(N)ns1)c1ccc(Cl)cc1Cl. The molecule has 90 valence electrons. The molecule has 0 radical (unpaired) electrons. The van der Waals surface area contributed by atoms with Crippen molar-refractivity contribution in [2.75, 3.05) is 11.1 Å². The maximum absolute atomic E-state index is 6.11. The fourth-order valence-corrected chi connectivity index (χ4v) is 2.57. The monoisotopic (exact) mass is 288 g/mol. The fraction of sp³-hybridized carbons (Fsp3) is 0.200. The number of nitrogens with one attached hydrogen (secondary N) is 1. The summed E-state index contributed by atoms with van der Waals surface area (Å²) >= 11 is 13.2. The summed E-state index contributed by atoms with van der Waals surface area (Å²) in [6.07, 6.45) is 0. The Morgan fingerprint density at radius 3 is 2.76 bits per heavy atom. The van der Waals surface area contributed by atoms with Crippen molar-refractivity contribution in [2.45, 2.75) is 13.0 Å². The van der Waals surface area contributed by atoms with Crippen LogP contribution in [0.15, 0.2) is 18.2 Å². The first-order valence-corrected chi connectivity index (χ1v) is 6.40. The molecule has 4 nitrogen and oxygen atoms in total. The van der Waals surface area contributed by atoms with Gasteiger partial charge in [0.15, 0.2) is 0 Å². The van der Waals surface area contributed by atoms with Gasteiger partial charge in [0.2, 0.25) is 11.1 Å². The Bertz CT molecular complexity index is 529. The first-order valence-electron chi connectivity index (χ1n) is 4.87. The first-order chi connectivity index (χ1) is 8.06. The average Bonchev–Trinajstić information content (AvgIpc) is 2.63. The van der Waals surface area contributed by atoms with Crippen molar-refractivity contribution in [1.82, 2.24) is 9.36 Å². The van der Waals surface area contributed by atoms with E-state index in [4.69, 9.17) is 28.9 Å². The van der Waals surface area contributed by atoms with Crippen LogP contribution in [0.3, 0.4) is 0 Å². The van der Waals surface area contributed by atoms with Gasteiger partial charge in [-0.3, -0.25) is 0 Å². The standard InChI is InChI=1S/C10H10Cl2N4S/c1-5(14-10-15-9(13)16-17-10)7-3-2-6(11)4-8(7)12/h2-5H,1H3,(H3,13,14,15,16). The van der Waals surface area contributed by atoms with E-state index in [1.54, 1.807) is 12.1 Å². The molecule has 0 saturated heterocycles. The van der Waals surface area contributed by atoms with Gasteiger partial charge in [-0.25, -0.2) is 0 Å². The maximum atomic E-state index is 6.11. The molecule has 0 aliphatic carbocycles. The van der Waals surface area contributed by atoms with Crippen LogP contribution in [-0.2, 0) is 0 Å². The van der Waals surface area contributed by atoms with Crippen molar-refractivity contribution in [3.05, 3.63) is 33.8 Å². The van der Waals surface area contributed by atoms with E-state index < -0.39 is 0 Å². The van der Waals surface area contributed by atoms with E-state index in [2.05, 4.69) is 14.7 Å². The zero-order valence-electron chi connectivity index (χ0n) is 8.95. The third kappa shape index (κ3) is 3.00. The van der Waals surface area contributed by atoms with E-state index in [0.717, 1.165) is 5.56 Å². The molecule has 1 aromatic heterocycles. The van der Waals surface area contributed by atoms with E-state index in [-0.39, 0.29) is 12.0 Å². The highest BCUT2D eigenvalue weighted by Crippen LogP contribution is 2.28. The van der Waals surface area contributed by atoms with Gasteiger partial charge in [0.25, 0.3) is 0 Å². The first kappa shape index (κ1) is 12.4. The van der Waals surface area contributed by atoms with E-state index in [9.17, 15) is 0 Å². The number of hydrogen-bond donors (Lipinski definition) is 2. The third-order valence-electron chi connectivity index (χ3n) is 2.21. The van der Waals surface area contributed by atoms with Crippen molar-refractivity contribution in [3.63, 3.8) is 0 Å². The van der Waals surface area contributed by atoms with E-state index in [0.29, 0.717) is 15.2 Å². The molecule has 2 rings (SSSR count). The van der Waals surface area contributed by atoms with Crippen LogP contribution in [0.5, 0.6) is 0 Å². The van der Waals surface area contributed by atoms with Crippen LogP contribution >= 0.6 is 34.7 Å². The summed E-state index contributed by atoms with van der Waals surface area (Å²) in [6.45, 7) is 1.98. The van der Waals surface area contributed by atoms with Crippen LogP contribution in [-0.4, -0.2) is 9.36 Å². The third-order valence-corrected chi connectivity index (χ3v) is 3.43. The number of anilines is 2. The van der Waals surface area contributed by atoms with Crippen molar-refractivity contribution in [2.24, 2.45) is 0 Å². The summed E-state index contributed by atoms with van der Waals surface area (Å²) in [5.41, 5.74) is 6.40. The van der Waals surface area contributed by atoms with Gasteiger partial charge < -0.3 is 11.1 Å². The van der Waals surface area contributed by atoms with E-state index in [1.807, 2.05) is 13.0 Å². The zero-order chi connectivity index (χ0) is 12.4. The highest BCUT2D eigenvalue weighted by atomic mass is 35.5. The summed E-state index contributed by atoms with van der Waals surface area (Å²) in [5.74, 6) is 0.270. The van der Waals surface area contributed by atoms with Gasteiger partial charge in [-0.1, -0.05) is 29.3 Å². The Labute approximate surface area is 113 Å². The number of nitrogen functional groups attached to an aromatic ring is 1. The second-order valence-electron chi connectivity index (χ2n) is 3.49. The van der Waals surface area contributed by atoms with Crippen molar-refractivity contribution in [1.29, 1.82) is 0 Å². The maximum Gasteiger partial charge on any atom is 0.233 e. The van der Waals surface area contributed by atoms with Gasteiger partial charge in [0.1, 0.15) is 0 Å². The molecule has 1 atom stereocenters. The average molecular weight is 289 g/mol. The van der Waals surface area contributed by atoms with E-state index in [1.165, 1.54) is 11.5 Å². The molecule has 0 fully saturated rings. The van der Waals surface area contributed by atoms with Crippen LogP contribution in [0, 0.1) is 0 Å². The van der Waals surface area contributed by atoms with Gasteiger partial charge in [-0.15, -0.1) is 0 Å². The predicted molar refractivity (Wildman–Crippen MR) is 72.8 cm³/mol. The van der Waals surface area contributed by atoms with Crippen LogP contribution in [0.4, 0.5) is 11.1 Å². The molecule has 0 spiro atoms. The topological polar surface area (TPSA) is 63.8 Å². The zero-order valence-corrected chi connectivity index (χ0v) is 11.3. The molecule has 0 aliphatic heterocycles. The summed E-state index contributed by atoms with van der Waals surface area (Å²) in [7, 11) is 0. The summed E-state index contributed by atoms with van der Waals surface area (Å²) in [5, 5.41) is 5.08. The predicted octanol–water partition coefficient (Wildman–Crippen LogP) is 3.60. The minimum Gasteiger partial charge on any atom is -0.367 e. The Morgan fingerprint density at radius 2 is 2.18 bits per heavy atom. The van der Waals surface area contributed by atoms with Gasteiger partial charge in [0, 0.05) is 21.6 Å².